The third kappa shape index (κ3) is 2.96. The number of likely N-dealkylation sites (tertiary alicyclic amines) is 2. The predicted octanol–water partition coefficient (Wildman–Crippen LogP) is 1.82. The Balaban J connectivity index is 1.64. The van der Waals surface area contributed by atoms with E-state index in [1.54, 1.807) is 11.1 Å². The molecule has 3 rings (SSSR count). The van der Waals surface area contributed by atoms with Crippen LogP contribution in [0, 0.1) is 11.3 Å². The Morgan fingerprint density at radius 2 is 2.04 bits per heavy atom. The lowest BCUT2D eigenvalue weighted by molar-refractivity contribution is -0.176. The third-order valence-electron chi connectivity index (χ3n) is 4.73. The summed E-state index contributed by atoms with van der Waals surface area (Å²) in [5.74, 6) is 0.424. The number of hydrogen-bond acceptors (Lipinski definition) is 3. The van der Waals surface area contributed by atoms with E-state index in [9.17, 15) is 18.0 Å². The summed E-state index contributed by atoms with van der Waals surface area (Å²) < 4.78 is 38.9. The molecule has 0 radical (unpaired) electrons. The Kier molecular flexibility index (Phi) is 3.70. The maximum atomic E-state index is 12.6. The van der Waals surface area contributed by atoms with E-state index in [1.165, 1.54) is 4.90 Å². The molecule has 1 aromatic rings. The van der Waals surface area contributed by atoms with Gasteiger partial charge in [0.1, 0.15) is 5.82 Å². The fourth-order valence-corrected chi connectivity index (χ4v) is 3.60. The maximum absolute atomic E-state index is 12.6. The van der Waals surface area contributed by atoms with Gasteiger partial charge in [-0.05, 0) is 0 Å². The second kappa shape index (κ2) is 5.22. The number of rotatable bonds is 3. The van der Waals surface area contributed by atoms with Gasteiger partial charge in [0.15, 0.2) is 0 Å². The maximum Gasteiger partial charge on any atom is 0.401 e. The summed E-state index contributed by atoms with van der Waals surface area (Å²) >= 11 is 0. The first-order chi connectivity index (χ1) is 10.6. The number of hydrogen-bond donors (Lipinski definition) is 0. The summed E-state index contributed by atoms with van der Waals surface area (Å²) in [4.78, 5) is 20.0. The molecule has 0 aliphatic carbocycles. The SMILES string of the molecule is Cn1ccnc1C1N(C(=O)C2CN(CC(F)(F)F)C2)CC1(C)C. The molecule has 23 heavy (non-hydrogen) atoms. The molecule has 0 spiro atoms. The van der Waals surface area contributed by atoms with Crippen molar-refractivity contribution in [3.63, 3.8) is 0 Å². The number of carbonyl (C=O) groups is 1. The Hall–Kier alpha value is -1.57. The molecule has 0 bridgehead atoms. The van der Waals surface area contributed by atoms with Gasteiger partial charge in [-0.3, -0.25) is 9.69 Å². The molecule has 1 amide bonds. The molecule has 0 saturated carbocycles. The van der Waals surface area contributed by atoms with E-state index in [0.29, 0.717) is 6.54 Å². The Morgan fingerprint density at radius 3 is 2.52 bits per heavy atom. The molecule has 2 aliphatic rings. The lowest BCUT2D eigenvalue weighted by atomic mass is 9.73. The largest absolute Gasteiger partial charge is 0.401 e. The van der Waals surface area contributed by atoms with Crippen LogP contribution < -0.4 is 0 Å². The Labute approximate surface area is 133 Å². The van der Waals surface area contributed by atoms with Crippen LogP contribution in [-0.2, 0) is 11.8 Å². The number of imidazole rings is 1. The van der Waals surface area contributed by atoms with Gasteiger partial charge in [-0.25, -0.2) is 4.98 Å². The minimum Gasteiger partial charge on any atom is -0.336 e. The average molecular weight is 330 g/mol. The zero-order valence-corrected chi connectivity index (χ0v) is 13.5. The van der Waals surface area contributed by atoms with Gasteiger partial charge >= 0.3 is 6.18 Å². The van der Waals surface area contributed by atoms with Crippen molar-refractivity contribution in [1.29, 1.82) is 0 Å². The number of carbonyl (C=O) groups excluding carboxylic acids is 1. The van der Waals surface area contributed by atoms with Crippen LogP contribution >= 0.6 is 0 Å². The molecule has 0 aromatic carbocycles. The quantitative estimate of drug-likeness (QED) is 0.849. The first-order valence-electron chi connectivity index (χ1n) is 7.65. The van der Waals surface area contributed by atoms with E-state index in [2.05, 4.69) is 18.8 Å². The number of nitrogens with zero attached hydrogens (tertiary/aromatic N) is 4. The molecule has 128 valence electrons. The standard InChI is InChI=1S/C15H21F3N4O/c1-14(2)8-22(11(14)12-19-4-5-20(12)3)13(23)10-6-21(7-10)9-15(16,17)18/h4-5,10-11H,6-9H2,1-3H3. The van der Waals surface area contributed by atoms with Crippen LogP contribution in [-0.4, -0.2) is 57.6 Å². The minimum absolute atomic E-state index is 0.0595. The number of amides is 1. The summed E-state index contributed by atoms with van der Waals surface area (Å²) in [7, 11) is 1.88. The fraction of sp³-hybridized carbons (Fsp3) is 0.733. The molecule has 2 fully saturated rings. The van der Waals surface area contributed by atoms with Gasteiger partial charge in [-0.2, -0.15) is 13.2 Å². The molecule has 3 heterocycles. The monoisotopic (exact) mass is 330 g/mol. The normalized spacial score (nSPS) is 25.1. The molecule has 2 saturated heterocycles. The van der Waals surface area contributed by atoms with E-state index in [-0.39, 0.29) is 36.4 Å². The first-order valence-corrected chi connectivity index (χ1v) is 7.65. The van der Waals surface area contributed by atoms with Gasteiger partial charge in [0.05, 0.1) is 18.5 Å². The van der Waals surface area contributed by atoms with E-state index in [4.69, 9.17) is 0 Å². The van der Waals surface area contributed by atoms with E-state index >= 15 is 0 Å². The van der Waals surface area contributed by atoms with Crippen LogP contribution in [0.1, 0.15) is 25.7 Å². The summed E-state index contributed by atoms with van der Waals surface area (Å²) in [6.45, 7) is 4.19. The zero-order chi connectivity index (χ0) is 17.0. The van der Waals surface area contributed by atoms with Crippen molar-refractivity contribution in [2.75, 3.05) is 26.2 Å². The van der Waals surface area contributed by atoms with Crippen LogP contribution in [0.5, 0.6) is 0 Å². The van der Waals surface area contributed by atoms with Crippen molar-refractivity contribution in [1.82, 2.24) is 19.4 Å². The summed E-state index contributed by atoms with van der Waals surface area (Å²) in [6.07, 6.45) is -0.677. The third-order valence-corrected chi connectivity index (χ3v) is 4.73. The number of alkyl halides is 3. The van der Waals surface area contributed by atoms with Crippen molar-refractivity contribution in [2.45, 2.75) is 26.1 Å². The van der Waals surface area contributed by atoms with Gasteiger partial charge in [-0.1, -0.05) is 13.8 Å². The molecule has 1 aromatic heterocycles. The number of aryl methyl sites for hydroxylation is 1. The van der Waals surface area contributed by atoms with Gasteiger partial charge in [0, 0.05) is 44.5 Å². The second-order valence-corrected chi connectivity index (χ2v) is 7.26. The van der Waals surface area contributed by atoms with Crippen LogP contribution in [0.2, 0.25) is 0 Å². The summed E-state index contributed by atoms with van der Waals surface area (Å²) in [5, 5.41) is 0. The number of halogens is 3. The van der Waals surface area contributed by atoms with Gasteiger partial charge in [0.25, 0.3) is 0 Å². The van der Waals surface area contributed by atoms with Crippen molar-refractivity contribution in [2.24, 2.45) is 18.4 Å². The van der Waals surface area contributed by atoms with Crippen LogP contribution in [0.25, 0.3) is 0 Å². The Morgan fingerprint density at radius 1 is 1.39 bits per heavy atom. The van der Waals surface area contributed by atoms with E-state index < -0.39 is 12.7 Å². The number of aromatic nitrogens is 2. The highest BCUT2D eigenvalue weighted by Gasteiger charge is 2.53. The molecule has 8 heteroatoms. The highest BCUT2D eigenvalue weighted by molar-refractivity contribution is 5.81. The molecule has 0 N–H and O–H groups in total. The second-order valence-electron chi connectivity index (χ2n) is 7.26. The van der Waals surface area contributed by atoms with Crippen LogP contribution in [0.3, 0.4) is 0 Å². The van der Waals surface area contributed by atoms with Crippen LogP contribution in [0.4, 0.5) is 13.2 Å². The topological polar surface area (TPSA) is 41.4 Å². The molecular weight excluding hydrogens is 309 g/mol. The lowest BCUT2D eigenvalue weighted by Crippen LogP contribution is -2.64. The Bertz CT molecular complexity index is 604. The van der Waals surface area contributed by atoms with Crippen molar-refractivity contribution in [3.05, 3.63) is 18.2 Å². The molecular formula is C15H21F3N4O. The average Bonchev–Trinajstić information content (AvgIpc) is 2.75. The molecule has 1 atom stereocenters. The zero-order valence-electron chi connectivity index (χ0n) is 13.5. The van der Waals surface area contributed by atoms with Crippen molar-refractivity contribution in [3.8, 4) is 0 Å². The highest BCUT2D eigenvalue weighted by atomic mass is 19.4. The molecule has 5 nitrogen and oxygen atoms in total. The molecule has 2 aliphatic heterocycles. The van der Waals surface area contributed by atoms with E-state index in [1.807, 2.05) is 17.8 Å². The predicted molar refractivity (Wildman–Crippen MR) is 77.4 cm³/mol. The first kappa shape index (κ1) is 16.3. The summed E-state index contributed by atoms with van der Waals surface area (Å²) in [5.41, 5.74) is -0.0792. The fourth-order valence-electron chi connectivity index (χ4n) is 3.60. The smallest absolute Gasteiger partial charge is 0.336 e. The minimum atomic E-state index is -4.21. The van der Waals surface area contributed by atoms with Crippen LogP contribution in [0.15, 0.2) is 12.4 Å². The lowest BCUT2D eigenvalue weighted by Gasteiger charge is -2.55. The summed E-state index contributed by atoms with van der Waals surface area (Å²) in [6, 6.07) is -0.119. The van der Waals surface area contributed by atoms with Crippen molar-refractivity contribution >= 4 is 5.91 Å². The van der Waals surface area contributed by atoms with Gasteiger partial charge in [0.2, 0.25) is 5.91 Å². The highest BCUT2D eigenvalue weighted by Crippen LogP contribution is 2.48. The van der Waals surface area contributed by atoms with Gasteiger partial charge in [-0.15, -0.1) is 0 Å². The van der Waals surface area contributed by atoms with Crippen molar-refractivity contribution < 1.29 is 18.0 Å². The van der Waals surface area contributed by atoms with E-state index in [0.717, 1.165) is 5.82 Å². The molecule has 1 unspecified atom stereocenters. The van der Waals surface area contributed by atoms with Gasteiger partial charge < -0.3 is 9.47 Å².